The molecule has 2 aromatic rings. The predicted octanol–water partition coefficient (Wildman–Crippen LogP) is 1.60. The van der Waals surface area contributed by atoms with Gasteiger partial charge in [0, 0.05) is 5.56 Å². The van der Waals surface area contributed by atoms with Crippen LogP contribution in [0.5, 0.6) is 0 Å². The lowest BCUT2D eigenvalue weighted by Crippen LogP contribution is -2.44. The summed E-state index contributed by atoms with van der Waals surface area (Å²) in [5.74, 6) is -0.994. The number of rotatable bonds is 3. The van der Waals surface area contributed by atoms with E-state index in [-0.39, 0.29) is 14.8 Å². The smallest absolute Gasteiger partial charge is 0.336 e. The molecule has 0 heterocycles. The van der Waals surface area contributed by atoms with Gasteiger partial charge >= 0.3 is 6.03 Å². The molecule has 0 bridgehead atoms. The molecule has 108 valence electrons. The molecule has 2 aromatic carbocycles. The Bertz CT molecular complexity index is 758. The zero-order valence-electron chi connectivity index (χ0n) is 10.8. The first-order chi connectivity index (χ1) is 9.94. The van der Waals surface area contributed by atoms with Crippen LogP contribution >= 0.6 is 0 Å². The summed E-state index contributed by atoms with van der Waals surface area (Å²) in [7, 11) is -4.34. The van der Waals surface area contributed by atoms with Gasteiger partial charge in [0.2, 0.25) is 0 Å². The standard InChI is InChI=1S/C14H12N2O4S/c15-14(18)16(13(17)11-7-3-1-4-8-11)21(19,20)12-9-5-2-6-10-12/h1-10H,(H2,15,18). The van der Waals surface area contributed by atoms with Crippen LogP contribution in [0.2, 0.25) is 0 Å². The maximum absolute atomic E-state index is 12.4. The van der Waals surface area contributed by atoms with Gasteiger partial charge in [-0.1, -0.05) is 36.4 Å². The summed E-state index contributed by atoms with van der Waals surface area (Å²) in [5, 5.41) is 0. The van der Waals surface area contributed by atoms with Gasteiger partial charge in [-0.2, -0.15) is 0 Å². The molecule has 0 atom stereocenters. The van der Waals surface area contributed by atoms with E-state index in [9.17, 15) is 18.0 Å². The first-order valence-electron chi connectivity index (χ1n) is 5.94. The van der Waals surface area contributed by atoms with Gasteiger partial charge in [-0.25, -0.2) is 13.2 Å². The molecule has 3 amide bonds. The SMILES string of the molecule is NC(=O)N(C(=O)c1ccccc1)S(=O)(=O)c1ccccc1. The van der Waals surface area contributed by atoms with Crippen molar-refractivity contribution >= 4 is 22.0 Å². The molecule has 0 fully saturated rings. The molecule has 0 aromatic heterocycles. The summed E-state index contributed by atoms with van der Waals surface area (Å²) in [6, 6.07) is 13.4. The van der Waals surface area contributed by atoms with E-state index in [2.05, 4.69) is 0 Å². The molecule has 2 rings (SSSR count). The number of benzene rings is 2. The fraction of sp³-hybridized carbons (Fsp3) is 0. The van der Waals surface area contributed by atoms with E-state index >= 15 is 0 Å². The Balaban J connectivity index is 2.50. The minimum absolute atomic E-state index is 0.0517. The van der Waals surface area contributed by atoms with Gasteiger partial charge in [-0.15, -0.1) is 4.31 Å². The van der Waals surface area contributed by atoms with Gasteiger partial charge < -0.3 is 5.73 Å². The van der Waals surface area contributed by atoms with Crippen LogP contribution in [0.25, 0.3) is 0 Å². The van der Waals surface area contributed by atoms with E-state index in [0.29, 0.717) is 0 Å². The average Bonchev–Trinajstić information content (AvgIpc) is 2.48. The van der Waals surface area contributed by atoms with Crippen molar-refractivity contribution < 1.29 is 18.0 Å². The van der Waals surface area contributed by atoms with Crippen LogP contribution in [0, 0.1) is 0 Å². The quantitative estimate of drug-likeness (QED) is 0.931. The molecule has 21 heavy (non-hydrogen) atoms. The highest BCUT2D eigenvalue weighted by Crippen LogP contribution is 2.18. The fourth-order valence-corrected chi connectivity index (χ4v) is 3.00. The number of carbonyl (C=O) groups excluding carboxylic acids is 2. The molecule has 2 N–H and O–H groups in total. The lowest BCUT2D eigenvalue weighted by Gasteiger charge is -2.18. The molecule has 0 saturated carbocycles. The summed E-state index contributed by atoms with van der Waals surface area (Å²) in [5.41, 5.74) is 5.14. The van der Waals surface area contributed by atoms with Gasteiger partial charge in [0.15, 0.2) is 0 Å². The maximum atomic E-state index is 12.4. The predicted molar refractivity (Wildman–Crippen MR) is 75.8 cm³/mol. The Morgan fingerprint density at radius 2 is 1.33 bits per heavy atom. The van der Waals surface area contributed by atoms with Crippen molar-refractivity contribution in [1.82, 2.24) is 4.31 Å². The maximum Gasteiger partial charge on any atom is 0.336 e. The normalized spacial score (nSPS) is 10.9. The monoisotopic (exact) mass is 304 g/mol. The average molecular weight is 304 g/mol. The number of hydrogen-bond donors (Lipinski definition) is 1. The van der Waals surface area contributed by atoms with Crippen LogP contribution in [-0.2, 0) is 10.0 Å². The Morgan fingerprint density at radius 1 is 0.857 bits per heavy atom. The number of primary amides is 1. The third-order valence-corrected chi connectivity index (χ3v) is 4.38. The highest BCUT2D eigenvalue weighted by Gasteiger charge is 2.34. The molecular formula is C14H12N2O4S. The van der Waals surface area contributed by atoms with E-state index in [1.165, 1.54) is 36.4 Å². The van der Waals surface area contributed by atoms with Crippen molar-refractivity contribution in [3.8, 4) is 0 Å². The van der Waals surface area contributed by atoms with E-state index in [4.69, 9.17) is 5.73 Å². The van der Waals surface area contributed by atoms with Crippen LogP contribution < -0.4 is 5.73 Å². The Kier molecular flexibility index (Phi) is 4.04. The minimum Gasteiger partial charge on any atom is -0.350 e. The molecule has 0 spiro atoms. The Hall–Kier alpha value is -2.67. The number of imide groups is 1. The lowest BCUT2D eigenvalue weighted by atomic mass is 10.2. The molecule has 6 nitrogen and oxygen atoms in total. The van der Waals surface area contributed by atoms with E-state index in [0.717, 1.165) is 0 Å². The molecular weight excluding hydrogens is 292 g/mol. The summed E-state index contributed by atoms with van der Waals surface area (Å²) in [4.78, 5) is 23.5. The summed E-state index contributed by atoms with van der Waals surface area (Å²) in [6.45, 7) is 0. The first-order valence-corrected chi connectivity index (χ1v) is 7.38. The Morgan fingerprint density at radius 3 is 1.81 bits per heavy atom. The number of sulfonamides is 1. The summed E-state index contributed by atoms with van der Waals surface area (Å²) >= 11 is 0. The molecule has 0 aliphatic rings. The number of carbonyl (C=O) groups is 2. The van der Waals surface area contributed by atoms with Gasteiger partial charge in [-0.05, 0) is 24.3 Å². The van der Waals surface area contributed by atoms with Gasteiger partial charge in [-0.3, -0.25) is 4.79 Å². The van der Waals surface area contributed by atoms with Crippen LogP contribution in [0.4, 0.5) is 4.79 Å². The third kappa shape index (κ3) is 2.92. The zero-order valence-corrected chi connectivity index (χ0v) is 11.7. The van der Waals surface area contributed by atoms with Crippen LogP contribution in [-0.4, -0.2) is 24.7 Å². The topological polar surface area (TPSA) is 97.5 Å². The van der Waals surface area contributed by atoms with Gasteiger partial charge in [0.25, 0.3) is 15.9 Å². The number of nitrogens with two attached hydrogens (primary N) is 1. The van der Waals surface area contributed by atoms with Gasteiger partial charge in [0.1, 0.15) is 0 Å². The summed E-state index contributed by atoms with van der Waals surface area (Å²) < 4.78 is 24.9. The van der Waals surface area contributed by atoms with E-state index in [1.807, 2.05) is 0 Å². The molecule has 0 aliphatic heterocycles. The van der Waals surface area contributed by atoms with Crippen molar-refractivity contribution in [3.63, 3.8) is 0 Å². The number of nitrogens with zero attached hydrogens (tertiary/aromatic N) is 1. The Labute approximate surface area is 121 Å². The van der Waals surface area contributed by atoms with Crippen molar-refractivity contribution in [2.24, 2.45) is 5.73 Å². The number of amides is 3. The van der Waals surface area contributed by atoms with Crippen molar-refractivity contribution in [1.29, 1.82) is 0 Å². The second-order valence-electron chi connectivity index (χ2n) is 4.09. The molecule has 0 aliphatic carbocycles. The van der Waals surface area contributed by atoms with Crippen molar-refractivity contribution in [3.05, 3.63) is 66.2 Å². The van der Waals surface area contributed by atoms with Crippen LogP contribution in [0.15, 0.2) is 65.6 Å². The fourth-order valence-electron chi connectivity index (χ4n) is 1.72. The van der Waals surface area contributed by atoms with E-state index < -0.39 is 22.0 Å². The van der Waals surface area contributed by atoms with Crippen LogP contribution in [0.1, 0.15) is 10.4 Å². The molecule has 0 saturated heterocycles. The summed E-state index contributed by atoms with van der Waals surface area (Å²) in [6.07, 6.45) is 0. The molecule has 0 radical (unpaired) electrons. The molecule has 0 unspecified atom stereocenters. The van der Waals surface area contributed by atoms with Gasteiger partial charge in [0.05, 0.1) is 4.90 Å². The molecule has 7 heteroatoms. The minimum atomic E-state index is -4.34. The van der Waals surface area contributed by atoms with Crippen molar-refractivity contribution in [2.45, 2.75) is 4.90 Å². The lowest BCUT2D eigenvalue weighted by molar-refractivity contribution is 0.0890. The third-order valence-electron chi connectivity index (χ3n) is 2.69. The highest BCUT2D eigenvalue weighted by molar-refractivity contribution is 7.90. The number of urea groups is 1. The highest BCUT2D eigenvalue weighted by atomic mass is 32.2. The van der Waals surface area contributed by atoms with Crippen molar-refractivity contribution in [2.75, 3.05) is 0 Å². The van der Waals surface area contributed by atoms with Crippen LogP contribution in [0.3, 0.4) is 0 Å². The zero-order chi connectivity index (χ0) is 15.5. The van der Waals surface area contributed by atoms with E-state index in [1.54, 1.807) is 24.3 Å². The largest absolute Gasteiger partial charge is 0.350 e. The second-order valence-corrected chi connectivity index (χ2v) is 5.88. The first kappa shape index (κ1) is 14.7. The second kappa shape index (κ2) is 5.76. The number of hydrogen-bond acceptors (Lipinski definition) is 4.